The number of nitrogens with zero attached hydrogens (tertiary/aromatic N) is 3. The van der Waals surface area contributed by atoms with E-state index in [9.17, 15) is 14.7 Å². The second-order valence-electron chi connectivity index (χ2n) is 5.40. The summed E-state index contributed by atoms with van der Waals surface area (Å²) < 4.78 is 14.0. The third-order valence-electron chi connectivity index (χ3n) is 3.55. The van der Waals surface area contributed by atoms with Crippen molar-refractivity contribution in [3.05, 3.63) is 79.2 Å². The summed E-state index contributed by atoms with van der Waals surface area (Å²) in [6.45, 7) is 1.36. The van der Waals surface area contributed by atoms with Crippen molar-refractivity contribution < 1.29 is 11.0 Å². The number of hydrogen-bond donors (Lipinski definition) is 2. The molecule has 8 nitrogen and oxygen atoms in total. The van der Waals surface area contributed by atoms with Gasteiger partial charge in [0.2, 0.25) is 5.89 Å². The average molecular weight is 364 g/mol. The number of halogens is 1. The molecule has 0 fully saturated rings. The molecule has 9 heteroatoms. The molecule has 0 amide bonds. The lowest BCUT2D eigenvalue weighted by atomic mass is 10.1. The molecule has 0 aliphatic heterocycles. The number of nitrogens with one attached hydrogen (secondary N) is 1. The highest BCUT2D eigenvalue weighted by atomic mass is 35.5. The van der Waals surface area contributed by atoms with Gasteiger partial charge in [0, 0.05) is 23.2 Å². The van der Waals surface area contributed by atoms with Crippen LogP contribution in [0.2, 0.25) is 5.02 Å². The van der Waals surface area contributed by atoms with Gasteiger partial charge in [-0.15, -0.1) is 0 Å². The molecule has 1 aromatic carbocycles. The molecule has 0 spiro atoms. The largest absolute Gasteiger partial charge is 0.388 e. The van der Waals surface area contributed by atoms with E-state index in [1.165, 1.54) is 18.3 Å². The fourth-order valence-corrected chi connectivity index (χ4v) is 2.34. The lowest BCUT2D eigenvalue weighted by molar-refractivity contribution is 0.174. The van der Waals surface area contributed by atoms with Gasteiger partial charge in [-0.1, -0.05) is 28.9 Å². The smallest absolute Gasteiger partial charge is 0.328 e. The minimum Gasteiger partial charge on any atom is -0.388 e. The van der Waals surface area contributed by atoms with Gasteiger partial charge in [0.25, 0.3) is 5.56 Å². The zero-order valence-electron chi connectivity index (χ0n) is 14.2. The van der Waals surface area contributed by atoms with Crippen molar-refractivity contribution in [1.82, 2.24) is 19.7 Å². The summed E-state index contributed by atoms with van der Waals surface area (Å²) >= 11 is 5.80. The van der Waals surface area contributed by atoms with Crippen molar-refractivity contribution in [2.75, 3.05) is 0 Å². The molecule has 2 aromatic heterocycles. The lowest BCUT2D eigenvalue weighted by Gasteiger charge is -2.08. The highest BCUT2D eigenvalue weighted by molar-refractivity contribution is 6.30. The Labute approximate surface area is 148 Å². The third-order valence-corrected chi connectivity index (χ3v) is 3.80. The lowest BCUT2D eigenvalue weighted by Crippen LogP contribution is -2.36. The molecule has 0 saturated heterocycles. The van der Waals surface area contributed by atoms with E-state index in [2.05, 4.69) is 15.1 Å². The van der Waals surface area contributed by atoms with Crippen molar-refractivity contribution in [2.45, 2.75) is 26.0 Å². The van der Waals surface area contributed by atoms with Gasteiger partial charge in [-0.2, -0.15) is 4.98 Å². The normalized spacial score (nSPS) is 14.1. The van der Waals surface area contributed by atoms with Crippen LogP contribution in [0.25, 0.3) is 0 Å². The zero-order valence-corrected chi connectivity index (χ0v) is 13.9. The van der Waals surface area contributed by atoms with Crippen LogP contribution in [0.4, 0.5) is 0 Å². The first-order chi connectivity index (χ1) is 12.3. The van der Waals surface area contributed by atoms with Crippen LogP contribution in [0.5, 0.6) is 0 Å². The Morgan fingerprint density at radius 1 is 1.40 bits per heavy atom. The first-order valence-electron chi connectivity index (χ1n) is 7.85. The molecule has 0 radical (unpaired) electrons. The first kappa shape index (κ1) is 15.8. The number of aliphatic hydroxyl groups is 1. The van der Waals surface area contributed by atoms with Crippen LogP contribution in [-0.4, -0.2) is 24.8 Å². The Kier molecular flexibility index (Phi) is 4.45. The molecule has 0 aliphatic rings. The zero-order chi connectivity index (χ0) is 18.9. The van der Waals surface area contributed by atoms with Gasteiger partial charge in [-0.05, 0) is 24.6 Å². The van der Waals surface area contributed by atoms with Crippen LogP contribution in [-0.2, 0) is 13.0 Å². The standard InChI is InChI=1S/C16H15ClN4O4/c1-9-7-18-16(24)21(15(9)23)8-14-19-13(20-25-14)6-12(22)10-2-4-11(17)5-3-10/h2-5,7,12,22H,6,8H2,1H3,(H,18,24)/t12-/m1/s1/i12D. The summed E-state index contributed by atoms with van der Waals surface area (Å²) in [5.74, 6) is 0.0923. The van der Waals surface area contributed by atoms with Crippen molar-refractivity contribution in [3.8, 4) is 0 Å². The van der Waals surface area contributed by atoms with Gasteiger partial charge in [0.1, 0.15) is 6.54 Å². The van der Waals surface area contributed by atoms with Crippen LogP contribution >= 0.6 is 11.6 Å². The number of H-pyrrole nitrogens is 1. The Hall–Kier alpha value is -2.71. The van der Waals surface area contributed by atoms with Gasteiger partial charge in [-0.3, -0.25) is 9.36 Å². The summed E-state index contributed by atoms with van der Waals surface area (Å²) in [5, 5.41) is 14.5. The van der Waals surface area contributed by atoms with Gasteiger partial charge in [-0.25, -0.2) is 4.79 Å². The summed E-state index contributed by atoms with van der Waals surface area (Å²) in [7, 11) is 0. The van der Waals surface area contributed by atoms with E-state index >= 15 is 0 Å². The van der Waals surface area contributed by atoms with Crippen LogP contribution in [0.1, 0.15) is 30.3 Å². The number of aromatic nitrogens is 4. The molecule has 25 heavy (non-hydrogen) atoms. The van der Waals surface area contributed by atoms with Crippen molar-refractivity contribution in [3.63, 3.8) is 0 Å². The molecule has 2 N–H and O–H groups in total. The van der Waals surface area contributed by atoms with E-state index in [-0.39, 0.29) is 24.7 Å². The second kappa shape index (κ2) is 7.04. The average Bonchev–Trinajstić information content (AvgIpc) is 3.02. The Balaban J connectivity index is 1.80. The molecule has 0 saturated carbocycles. The van der Waals surface area contributed by atoms with Crippen LogP contribution in [0.3, 0.4) is 0 Å². The van der Waals surface area contributed by atoms with Crippen LogP contribution in [0.15, 0.2) is 44.6 Å². The van der Waals surface area contributed by atoms with Crippen molar-refractivity contribution >= 4 is 11.6 Å². The van der Waals surface area contributed by atoms with E-state index in [1.54, 1.807) is 19.1 Å². The SMILES string of the molecule is [2H][C@@](O)(Cc1noc(Cn2c(=O)[nH]cc(C)c2=O)n1)c1ccc(Cl)cc1. The maximum Gasteiger partial charge on any atom is 0.328 e. The van der Waals surface area contributed by atoms with Crippen LogP contribution < -0.4 is 11.2 Å². The van der Waals surface area contributed by atoms with Gasteiger partial charge in [0.15, 0.2) is 5.82 Å². The topological polar surface area (TPSA) is 114 Å². The Morgan fingerprint density at radius 2 is 2.12 bits per heavy atom. The summed E-state index contributed by atoms with van der Waals surface area (Å²) in [5.41, 5.74) is -0.377. The molecular weight excluding hydrogens is 348 g/mol. The van der Waals surface area contributed by atoms with E-state index < -0.39 is 17.3 Å². The Morgan fingerprint density at radius 3 is 2.84 bits per heavy atom. The van der Waals surface area contributed by atoms with Crippen LogP contribution in [0, 0.1) is 6.92 Å². The van der Waals surface area contributed by atoms with Crippen molar-refractivity contribution in [2.24, 2.45) is 0 Å². The first-order valence-corrected chi connectivity index (χ1v) is 7.73. The predicted octanol–water partition coefficient (Wildman–Crippen LogP) is 1.21. The molecule has 0 aliphatic carbocycles. The second-order valence-corrected chi connectivity index (χ2v) is 5.84. The monoisotopic (exact) mass is 363 g/mol. The van der Waals surface area contributed by atoms with Gasteiger partial charge in [0.05, 0.1) is 7.45 Å². The fraction of sp³-hybridized carbons (Fsp3) is 0.250. The van der Waals surface area contributed by atoms with E-state index in [0.29, 0.717) is 16.1 Å². The molecule has 0 bridgehead atoms. The maximum absolute atomic E-state index is 12.0. The minimum absolute atomic E-state index is 0.0186. The Bertz CT molecular complexity index is 1040. The summed E-state index contributed by atoms with van der Waals surface area (Å²) in [4.78, 5) is 30.3. The molecule has 2 heterocycles. The minimum atomic E-state index is -1.98. The summed E-state index contributed by atoms with van der Waals surface area (Å²) in [6.07, 6.45) is -0.896. The predicted molar refractivity (Wildman–Crippen MR) is 89.6 cm³/mol. The molecule has 3 rings (SSSR count). The quantitative estimate of drug-likeness (QED) is 0.704. The van der Waals surface area contributed by atoms with Crippen molar-refractivity contribution in [1.29, 1.82) is 0 Å². The summed E-state index contributed by atoms with van der Waals surface area (Å²) in [6, 6.07) is 6.19. The third kappa shape index (κ3) is 3.86. The molecule has 3 aromatic rings. The highest BCUT2D eigenvalue weighted by Gasteiger charge is 2.15. The molecule has 0 unspecified atom stereocenters. The number of aryl methyl sites for hydroxylation is 1. The fourth-order valence-electron chi connectivity index (χ4n) is 2.21. The highest BCUT2D eigenvalue weighted by Crippen LogP contribution is 2.19. The number of aromatic amines is 1. The van der Waals surface area contributed by atoms with Gasteiger partial charge >= 0.3 is 5.69 Å². The van der Waals surface area contributed by atoms with Gasteiger partial charge < -0.3 is 14.6 Å². The van der Waals surface area contributed by atoms with E-state index in [1.807, 2.05) is 0 Å². The number of hydrogen-bond acceptors (Lipinski definition) is 6. The molecule has 130 valence electrons. The molecule has 1 atom stereocenters. The molecular formula is C16H15ClN4O4. The number of benzene rings is 1. The van der Waals surface area contributed by atoms with E-state index in [0.717, 1.165) is 4.57 Å². The van der Waals surface area contributed by atoms with E-state index in [4.69, 9.17) is 17.5 Å². The number of rotatable bonds is 5. The maximum atomic E-state index is 12.0.